The van der Waals surface area contributed by atoms with E-state index in [1.165, 1.54) is 11.3 Å². The number of methoxy groups -OCH3 is 1. The summed E-state index contributed by atoms with van der Waals surface area (Å²) in [6.45, 7) is 5.89. The fourth-order valence-corrected chi connectivity index (χ4v) is 2.94. The van der Waals surface area contributed by atoms with Crippen LogP contribution >= 0.6 is 15.9 Å². The van der Waals surface area contributed by atoms with E-state index in [1.807, 2.05) is 19.2 Å². The SMILES string of the molecule is CNCCc1c(C)nn(Cc2cc(Br)ccc2OC)c1C. The average molecular weight is 352 g/mol. The van der Waals surface area contributed by atoms with Crippen molar-refractivity contribution in [1.29, 1.82) is 0 Å². The second-order valence-corrected chi connectivity index (χ2v) is 6.03. The first-order chi connectivity index (χ1) is 10.1. The lowest BCUT2D eigenvalue weighted by atomic mass is 10.1. The molecule has 1 heterocycles. The Morgan fingerprint density at radius 1 is 1.33 bits per heavy atom. The number of hydrogen-bond donors (Lipinski definition) is 1. The summed E-state index contributed by atoms with van der Waals surface area (Å²) in [5.41, 5.74) is 4.79. The van der Waals surface area contributed by atoms with Crippen LogP contribution in [0, 0.1) is 13.8 Å². The van der Waals surface area contributed by atoms with Crippen LogP contribution in [-0.2, 0) is 13.0 Å². The van der Waals surface area contributed by atoms with Gasteiger partial charge < -0.3 is 10.1 Å². The molecule has 0 spiro atoms. The third-order valence-electron chi connectivity index (χ3n) is 3.72. The van der Waals surface area contributed by atoms with Crippen LogP contribution in [0.25, 0.3) is 0 Å². The van der Waals surface area contributed by atoms with Gasteiger partial charge in [-0.3, -0.25) is 4.68 Å². The van der Waals surface area contributed by atoms with Crippen molar-refractivity contribution in [1.82, 2.24) is 15.1 Å². The van der Waals surface area contributed by atoms with Crippen LogP contribution in [0.4, 0.5) is 0 Å². The van der Waals surface area contributed by atoms with Crippen LogP contribution in [0.5, 0.6) is 5.75 Å². The summed E-state index contributed by atoms with van der Waals surface area (Å²) in [7, 11) is 3.67. The van der Waals surface area contributed by atoms with Crippen LogP contribution < -0.4 is 10.1 Å². The van der Waals surface area contributed by atoms with Gasteiger partial charge in [0.2, 0.25) is 0 Å². The van der Waals surface area contributed by atoms with Gasteiger partial charge in [-0.1, -0.05) is 15.9 Å². The van der Waals surface area contributed by atoms with E-state index in [9.17, 15) is 0 Å². The van der Waals surface area contributed by atoms with Crippen LogP contribution in [0.3, 0.4) is 0 Å². The maximum Gasteiger partial charge on any atom is 0.124 e. The number of aromatic nitrogens is 2. The van der Waals surface area contributed by atoms with Crippen molar-refractivity contribution in [3.05, 3.63) is 45.2 Å². The molecule has 1 N–H and O–H groups in total. The molecule has 0 aliphatic rings. The Hall–Kier alpha value is -1.33. The molecule has 0 atom stereocenters. The van der Waals surface area contributed by atoms with Crippen molar-refractivity contribution in [2.75, 3.05) is 20.7 Å². The Kier molecular flexibility index (Phi) is 5.42. The molecule has 0 saturated carbocycles. The zero-order valence-electron chi connectivity index (χ0n) is 13.0. The monoisotopic (exact) mass is 351 g/mol. The molecule has 0 fully saturated rings. The maximum absolute atomic E-state index is 5.44. The van der Waals surface area contributed by atoms with E-state index >= 15 is 0 Å². The molecule has 0 bridgehead atoms. The number of nitrogens with zero attached hydrogens (tertiary/aromatic N) is 2. The molecule has 0 aliphatic carbocycles. The molecule has 1 aromatic heterocycles. The smallest absolute Gasteiger partial charge is 0.124 e. The Bertz CT molecular complexity index is 622. The van der Waals surface area contributed by atoms with Gasteiger partial charge >= 0.3 is 0 Å². The lowest BCUT2D eigenvalue weighted by molar-refractivity contribution is 0.407. The second kappa shape index (κ2) is 7.09. The Morgan fingerprint density at radius 2 is 2.10 bits per heavy atom. The lowest BCUT2D eigenvalue weighted by Gasteiger charge is -2.11. The third-order valence-corrected chi connectivity index (χ3v) is 4.21. The van der Waals surface area contributed by atoms with Gasteiger partial charge in [0.05, 0.1) is 19.3 Å². The van der Waals surface area contributed by atoms with E-state index in [0.29, 0.717) is 0 Å². The molecule has 0 saturated heterocycles. The molecule has 4 nitrogen and oxygen atoms in total. The van der Waals surface area contributed by atoms with Gasteiger partial charge in [0.1, 0.15) is 5.75 Å². The van der Waals surface area contributed by atoms with Gasteiger partial charge in [-0.25, -0.2) is 0 Å². The summed E-state index contributed by atoms with van der Waals surface area (Å²) in [5.74, 6) is 0.891. The molecule has 2 aromatic rings. The summed E-state index contributed by atoms with van der Waals surface area (Å²) >= 11 is 3.52. The first kappa shape index (κ1) is 16.0. The third kappa shape index (κ3) is 3.66. The zero-order valence-corrected chi connectivity index (χ0v) is 14.6. The zero-order chi connectivity index (χ0) is 15.4. The topological polar surface area (TPSA) is 39.1 Å². The Labute approximate surface area is 134 Å². The average Bonchev–Trinajstić information content (AvgIpc) is 2.72. The number of halogens is 1. The van der Waals surface area contributed by atoms with E-state index in [0.717, 1.165) is 41.0 Å². The molecule has 5 heteroatoms. The first-order valence-corrected chi connectivity index (χ1v) is 7.86. The minimum absolute atomic E-state index is 0.717. The molecular weight excluding hydrogens is 330 g/mol. The molecule has 0 amide bonds. The van der Waals surface area contributed by atoms with Crippen LogP contribution in [0.1, 0.15) is 22.5 Å². The predicted molar refractivity (Wildman–Crippen MR) is 89.1 cm³/mol. The molecule has 114 valence electrons. The summed E-state index contributed by atoms with van der Waals surface area (Å²) in [6.07, 6.45) is 1.00. The van der Waals surface area contributed by atoms with Crippen molar-refractivity contribution in [3.63, 3.8) is 0 Å². The highest BCUT2D eigenvalue weighted by Crippen LogP contribution is 2.25. The largest absolute Gasteiger partial charge is 0.496 e. The number of aryl methyl sites for hydroxylation is 1. The molecular formula is C16H22BrN3O. The number of hydrogen-bond acceptors (Lipinski definition) is 3. The van der Waals surface area contributed by atoms with Crippen molar-refractivity contribution in [2.45, 2.75) is 26.8 Å². The second-order valence-electron chi connectivity index (χ2n) is 5.12. The fraction of sp³-hybridized carbons (Fsp3) is 0.438. The minimum atomic E-state index is 0.717. The van der Waals surface area contributed by atoms with Gasteiger partial charge in [0, 0.05) is 15.7 Å². The summed E-state index contributed by atoms with van der Waals surface area (Å²) < 4.78 is 8.55. The highest BCUT2D eigenvalue weighted by atomic mass is 79.9. The number of benzene rings is 1. The molecule has 0 unspecified atom stereocenters. The van der Waals surface area contributed by atoms with Crippen molar-refractivity contribution >= 4 is 15.9 Å². The van der Waals surface area contributed by atoms with Crippen molar-refractivity contribution in [3.8, 4) is 5.75 Å². The van der Waals surface area contributed by atoms with E-state index < -0.39 is 0 Å². The fourth-order valence-electron chi connectivity index (χ4n) is 2.53. The number of likely N-dealkylation sites (N-methyl/N-ethyl adjacent to an activating group) is 1. The van der Waals surface area contributed by atoms with E-state index in [1.54, 1.807) is 7.11 Å². The van der Waals surface area contributed by atoms with E-state index in [-0.39, 0.29) is 0 Å². The molecule has 21 heavy (non-hydrogen) atoms. The molecule has 2 rings (SSSR count). The maximum atomic E-state index is 5.44. The van der Waals surface area contributed by atoms with Crippen molar-refractivity contribution < 1.29 is 4.74 Å². The molecule has 0 radical (unpaired) electrons. The first-order valence-electron chi connectivity index (χ1n) is 7.06. The van der Waals surface area contributed by atoms with E-state index in [2.05, 4.69) is 50.9 Å². The highest BCUT2D eigenvalue weighted by molar-refractivity contribution is 9.10. The van der Waals surface area contributed by atoms with E-state index in [4.69, 9.17) is 4.74 Å². The van der Waals surface area contributed by atoms with Crippen molar-refractivity contribution in [2.24, 2.45) is 0 Å². The quantitative estimate of drug-likeness (QED) is 0.869. The number of rotatable bonds is 6. The summed E-state index contributed by atoms with van der Waals surface area (Å²) in [4.78, 5) is 0. The highest BCUT2D eigenvalue weighted by Gasteiger charge is 2.13. The summed E-state index contributed by atoms with van der Waals surface area (Å²) in [6, 6.07) is 6.05. The normalized spacial score (nSPS) is 10.9. The van der Waals surface area contributed by atoms with Gasteiger partial charge in [-0.2, -0.15) is 5.10 Å². The molecule has 1 aromatic carbocycles. The minimum Gasteiger partial charge on any atom is -0.496 e. The van der Waals surface area contributed by atoms with Crippen LogP contribution in [0.15, 0.2) is 22.7 Å². The van der Waals surface area contributed by atoms with Gasteiger partial charge in [-0.15, -0.1) is 0 Å². The lowest BCUT2D eigenvalue weighted by Crippen LogP contribution is -2.11. The van der Waals surface area contributed by atoms with Crippen LogP contribution in [-0.4, -0.2) is 30.5 Å². The van der Waals surface area contributed by atoms with Crippen LogP contribution in [0.2, 0.25) is 0 Å². The standard InChI is InChI=1S/C16H22BrN3O/c1-11-15(7-8-18-3)12(2)20(19-11)10-13-9-14(17)5-6-16(13)21-4/h5-6,9,18H,7-8,10H2,1-4H3. The Balaban J connectivity index is 2.30. The predicted octanol–water partition coefficient (Wildman–Crippen LogP) is 3.08. The van der Waals surface area contributed by atoms with Gasteiger partial charge in [0.25, 0.3) is 0 Å². The Morgan fingerprint density at radius 3 is 2.76 bits per heavy atom. The van der Waals surface area contributed by atoms with Gasteiger partial charge in [0.15, 0.2) is 0 Å². The summed E-state index contributed by atoms with van der Waals surface area (Å²) in [5, 5.41) is 7.87. The number of ether oxygens (including phenoxy) is 1. The number of nitrogens with one attached hydrogen (secondary N) is 1. The van der Waals surface area contributed by atoms with Gasteiger partial charge in [-0.05, 0) is 57.6 Å². The molecule has 0 aliphatic heterocycles.